The van der Waals surface area contributed by atoms with E-state index in [2.05, 4.69) is 17.0 Å². The average molecular weight is 340 g/mol. The van der Waals surface area contributed by atoms with E-state index < -0.39 is 15.3 Å². The maximum atomic E-state index is 11.8. The number of rotatable bonds is 10. The average Bonchev–Trinajstić information content (AvgIpc) is 2.49. The number of carbonyl (C=O) groups is 1. The molecule has 0 spiro atoms. The van der Waals surface area contributed by atoms with Gasteiger partial charge in [0.05, 0.1) is 5.25 Å². The van der Waals surface area contributed by atoms with Crippen LogP contribution in [0.2, 0.25) is 0 Å². The molecule has 1 amide bonds. The van der Waals surface area contributed by atoms with Crippen LogP contribution in [0.3, 0.4) is 0 Å². The van der Waals surface area contributed by atoms with Gasteiger partial charge in [-0.25, -0.2) is 13.1 Å². The van der Waals surface area contributed by atoms with Crippen LogP contribution in [0, 0.1) is 0 Å². The number of unbranched alkanes of at least 4 members (excludes halogenated alkanes) is 1. The zero-order valence-electron chi connectivity index (χ0n) is 14.3. The maximum Gasteiger partial charge on any atom is 0.224 e. The molecule has 0 aliphatic rings. The Hall–Kier alpha value is -1.40. The first kappa shape index (κ1) is 19.6. The summed E-state index contributed by atoms with van der Waals surface area (Å²) in [5, 5.41) is 2.43. The van der Waals surface area contributed by atoms with Crippen LogP contribution in [-0.2, 0) is 21.2 Å². The summed E-state index contributed by atoms with van der Waals surface area (Å²) >= 11 is 0. The third-order valence-corrected chi connectivity index (χ3v) is 5.38. The largest absolute Gasteiger partial charge is 0.326 e. The van der Waals surface area contributed by atoms with Gasteiger partial charge in [-0.1, -0.05) is 25.5 Å². The van der Waals surface area contributed by atoms with E-state index in [1.165, 1.54) is 5.56 Å². The number of sulfonamides is 1. The highest BCUT2D eigenvalue weighted by Crippen LogP contribution is 2.11. The molecule has 5 nitrogen and oxygen atoms in total. The predicted molar refractivity (Wildman–Crippen MR) is 95.0 cm³/mol. The first-order chi connectivity index (χ1) is 10.8. The van der Waals surface area contributed by atoms with Gasteiger partial charge < -0.3 is 5.32 Å². The van der Waals surface area contributed by atoms with Gasteiger partial charge in [-0.05, 0) is 50.8 Å². The maximum absolute atomic E-state index is 11.8. The number of hydrogen-bond acceptors (Lipinski definition) is 3. The highest BCUT2D eigenvalue weighted by atomic mass is 32.2. The Labute approximate surface area is 139 Å². The van der Waals surface area contributed by atoms with E-state index in [0.29, 0.717) is 25.8 Å². The lowest BCUT2D eigenvalue weighted by Gasteiger charge is -2.09. The molecule has 0 bridgehead atoms. The first-order valence-corrected chi connectivity index (χ1v) is 9.77. The molecule has 0 aliphatic heterocycles. The van der Waals surface area contributed by atoms with Crippen LogP contribution in [0.1, 0.15) is 52.0 Å². The summed E-state index contributed by atoms with van der Waals surface area (Å²) in [5.41, 5.74) is 2.07. The Bertz CT molecular complexity index is 580. The number of aryl methyl sites for hydroxylation is 1. The van der Waals surface area contributed by atoms with Crippen molar-refractivity contribution in [1.29, 1.82) is 0 Å². The Kier molecular flexibility index (Phi) is 8.26. The SMILES string of the molecule is CCCc1ccc(NC(=O)CCCCNS(=O)(=O)C(C)C)cc1. The summed E-state index contributed by atoms with van der Waals surface area (Å²) in [6, 6.07) is 7.89. The molecule has 0 radical (unpaired) electrons. The van der Waals surface area contributed by atoms with Crippen LogP contribution in [0.4, 0.5) is 5.69 Å². The summed E-state index contributed by atoms with van der Waals surface area (Å²) in [6.45, 7) is 5.79. The number of benzene rings is 1. The first-order valence-electron chi connectivity index (χ1n) is 8.22. The van der Waals surface area contributed by atoms with Gasteiger partial charge >= 0.3 is 0 Å². The highest BCUT2D eigenvalue weighted by molar-refractivity contribution is 7.90. The summed E-state index contributed by atoms with van der Waals surface area (Å²) in [7, 11) is -3.21. The quantitative estimate of drug-likeness (QED) is 0.643. The molecule has 0 aliphatic carbocycles. The van der Waals surface area contributed by atoms with Crippen LogP contribution < -0.4 is 10.0 Å². The second-order valence-electron chi connectivity index (χ2n) is 5.94. The molecule has 1 aromatic carbocycles. The molecule has 2 N–H and O–H groups in total. The monoisotopic (exact) mass is 340 g/mol. The van der Waals surface area contributed by atoms with Gasteiger partial charge in [0.2, 0.25) is 15.9 Å². The zero-order chi connectivity index (χ0) is 17.3. The molecule has 0 heterocycles. The van der Waals surface area contributed by atoms with Crippen LogP contribution >= 0.6 is 0 Å². The Morgan fingerprint density at radius 2 is 1.78 bits per heavy atom. The van der Waals surface area contributed by atoms with E-state index in [1.807, 2.05) is 24.3 Å². The normalized spacial score (nSPS) is 11.7. The minimum atomic E-state index is -3.21. The van der Waals surface area contributed by atoms with E-state index >= 15 is 0 Å². The van der Waals surface area contributed by atoms with Crippen LogP contribution in [0.15, 0.2) is 24.3 Å². The molecule has 1 aromatic rings. The number of carbonyl (C=O) groups excluding carboxylic acids is 1. The van der Waals surface area contributed by atoms with Crippen LogP contribution in [-0.4, -0.2) is 26.1 Å². The fourth-order valence-corrected chi connectivity index (χ4v) is 2.82. The second kappa shape index (κ2) is 9.67. The predicted octanol–water partition coefficient (Wildman–Crippen LogP) is 3.08. The van der Waals surface area contributed by atoms with Gasteiger partial charge in [-0.2, -0.15) is 0 Å². The molecule has 23 heavy (non-hydrogen) atoms. The summed E-state index contributed by atoms with van der Waals surface area (Å²) in [6.07, 6.45) is 3.84. The zero-order valence-corrected chi connectivity index (χ0v) is 15.1. The Morgan fingerprint density at radius 3 is 2.35 bits per heavy atom. The van der Waals surface area contributed by atoms with Crippen molar-refractivity contribution in [3.63, 3.8) is 0 Å². The number of nitrogens with one attached hydrogen (secondary N) is 2. The number of anilines is 1. The summed E-state index contributed by atoms with van der Waals surface area (Å²) in [5.74, 6) is -0.0417. The standard InChI is InChI=1S/C17H28N2O3S/c1-4-7-15-9-11-16(12-10-15)19-17(20)8-5-6-13-18-23(21,22)14(2)3/h9-12,14,18H,4-8,13H2,1-3H3,(H,19,20). The van der Waals surface area contributed by atoms with Gasteiger partial charge in [0.15, 0.2) is 0 Å². The molecule has 0 unspecified atom stereocenters. The Morgan fingerprint density at radius 1 is 1.13 bits per heavy atom. The van der Waals surface area contributed by atoms with Crippen molar-refractivity contribution in [2.75, 3.05) is 11.9 Å². The van der Waals surface area contributed by atoms with Crippen molar-refractivity contribution >= 4 is 21.6 Å². The van der Waals surface area contributed by atoms with Gasteiger partial charge in [0.1, 0.15) is 0 Å². The van der Waals surface area contributed by atoms with Crippen LogP contribution in [0.5, 0.6) is 0 Å². The molecule has 0 saturated carbocycles. The van der Waals surface area contributed by atoms with Crippen LogP contribution in [0.25, 0.3) is 0 Å². The molecule has 0 atom stereocenters. The molecule has 0 aromatic heterocycles. The highest BCUT2D eigenvalue weighted by Gasteiger charge is 2.14. The lowest BCUT2D eigenvalue weighted by atomic mass is 10.1. The van der Waals surface area contributed by atoms with Gasteiger partial charge in [0, 0.05) is 18.7 Å². The Balaban J connectivity index is 2.24. The summed E-state index contributed by atoms with van der Waals surface area (Å²) in [4.78, 5) is 11.8. The summed E-state index contributed by atoms with van der Waals surface area (Å²) < 4.78 is 25.6. The van der Waals surface area contributed by atoms with Crippen molar-refractivity contribution in [1.82, 2.24) is 4.72 Å². The van der Waals surface area contributed by atoms with Gasteiger partial charge in [-0.15, -0.1) is 0 Å². The molecular formula is C17H28N2O3S. The van der Waals surface area contributed by atoms with Crippen molar-refractivity contribution in [3.8, 4) is 0 Å². The fraction of sp³-hybridized carbons (Fsp3) is 0.588. The van der Waals surface area contributed by atoms with Crippen molar-refractivity contribution < 1.29 is 13.2 Å². The van der Waals surface area contributed by atoms with Crippen molar-refractivity contribution in [3.05, 3.63) is 29.8 Å². The molecular weight excluding hydrogens is 312 g/mol. The molecule has 1 rings (SSSR count). The minimum Gasteiger partial charge on any atom is -0.326 e. The van der Waals surface area contributed by atoms with Gasteiger partial charge in [0.25, 0.3) is 0 Å². The minimum absolute atomic E-state index is 0.0417. The molecule has 0 saturated heterocycles. The molecule has 0 fully saturated rings. The third kappa shape index (κ3) is 7.61. The van der Waals surface area contributed by atoms with Crippen molar-refractivity contribution in [2.45, 2.75) is 58.1 Å². The fourth-order valence-electron chi connectivity index (χ4n) is 2.06. The molecule has 6 heteroatoms. The lowest BCUT2D eigenvalue weighted by Crippen LogP contribution is -2.31. The van der Waals surface area contributed by atoms with E-state index in [-0.39, 0.29) is 5.91 Å². The third-order valence-electron chi connectivity index (χ3n) is 3.53. The number of amides is 1. The number of hydrogen-bond donors (Lipinski definition) is 2. The second-order valence-corrected chi connectivity index (χ2v) is 8.26. The smallest absolute Gasteiger partial charge is 0.224 e. The topological polar surface area (TPSA) is 75.3 Å². The molecule has 130 valence electrons. The van der Waals surface area contributed by atoms with Crippen molar-refractivity contribution in [2.24, 2.45) is 0 Å². The van der Waals surface area contributed by atoms with E-state index in [4.69, 9.17) is 0 Å². The van der Waals surface area contributed by atoms with Gasteiger partial charge in [-0.3, -0.25) is 4.79 Å². The lowest BCUT2D eigenvalue weighted by molar-refractivity contribution is -0.116. The van der Waals surface area contributed by atoms with E-state index in [1.54, 1.807) is 13.8 Å². The van der Waals surface area contributed by atoms with E-state index in [9.17, 15) is 13.2 Å². The van der Waals surface area contributed by atoms with E-state index in [0.717, 1.165) is 18.5 Å².